The summed E-state index contributed by atoms with van der Waals surface area (Å²) in [7, 11) is 1.91. The van der Waals surface area contributed by atoms with Crippen LogP contribution in [0.15, 0.2) is 29.2 Å². The lowest BCUT2D eigenvalue weighted by atomic mass is 9.95. The molecular weight excluding hydrogens is 280 g/mol. The standard InChI is InChI=1S/C14H20N2OS.ClH/c1-10(15-2)9-16-14(17)12-7-8-18-13-6-4-3-5-11(12)13;/h3-6,10,12,15H,7-9H2,1-2H3,(H,16,17);1H. The van der Waals surface area contributed by atoms with Gasteiger partial charge in [-0.1, -0.05) is 18.2 Å². The average Bonchev–Trinajstić information content (AvgIpc) is 2.43. The third-order valence-electron chi connectivity index (χ3n) is 3.35. The van der Waals surface area contributed by atoms with Gasteiger partial charge in [0.1, 0.15) is 0 Å². The van der Waals surface area contributed by atoms with Crippen LogP contribution in [0.3, 0.4) is 0 Å². The van der Waals surface area contributed by atoms with E-state index in [9.17, 15) is 4.79 Å². The van der Waals surface area contributed by atoms with Crippen LogP contribution >= 0.6 is 24.2 Å². The summed E-state index contributed by atoms with van der Waals surface area (Å²) in [6, 6.07) is 8.54. The maximum atomic E-state index is 12.2. The van der Waals surface area contributed by atoms with Crippen LogP contribution in [0.5, 0.6) is 0 Å². The van der Waals surface area contributed by atoms with E-state index >= 15 is 0 Å². The molecule has 0 spiro atoms. The van der Waals surface area contributed by atoms with E-state index in [0.29, 0.717) is 12.6 Å². The molecule has 0 aromatic heterocycles. The third kappa shape index (κ3) is 4.13. The molecule has 2 atom stereocenters. The van der Waals surface area contributed by atoms with Gasteiger partial charge in [0.25, 0.3) is 0 Å². The first-order valence-electron chi connectivity index (χ1n) is 6.39. The highest BCUT2D eigenvalue weighted by Gasteiger charge is 2.26. The summed E-state index contributed by atoms with van der Waals surface area (Å²) in [5.41, 5.74) is 1.18. The highest BCUT2D eigenvalue weighted by atomic mass is 35.5. The number of amides is 1. The summed E-state index contributed by atoms with van der Waals surface area (Å²) in [5.74, 6) is 1.20. The van der Waals surface area contributed by atoms with Crippen molar-refractivity contribution in [2.24, 2.45) is 0 Å². The Morgan fingerprint density at radius 2 is 2.21 bits per heavy atom. The van der Waals surface area contributed by atoms with Crippen molar-refractivity contribution in [1.82, 2.24) is 10.6 Å². The maximum Gasteiger partial charge on any atom is 0.227 e. The van der Waals surface area contributed by atoms with Crippen LogP contribution in [-0.4, -0.2) is 31.3 Å². The van der Waals surface area contributed by atoms with E-state index in [-0.39, 0.29) is 24.2 Å². The number of hydrogen-bond acceptors (Lipinski definition) is 3. The molecule has 1 amide bonds. The third-order valence-corrected chi connectivity index (χ3v) is 4.47. The van der Waals surface area contributed by atoms with Crippen molar-refractivity contribution in [3.05, 3.63) is 29.8 Å². The fourth-order valence-corrected chi connectivity index (χ4v) is 3.22. The first-order chi connectivity index (χ1) is 8.72. The van der Waals surface area contributed by atoms with E-state index in [2.05, 4.69) is 29.7 Å². The van der Waals surface area contributed by atoms with Crippen molar-refractivity contribution in [1.29, 1.82) is 0 Å². The summed E-state index contributed by atoms with van der Waals surface area (Å²) in [6.45, 7) is 2.74. The number of halogens is 1. The Labute approximate surface area is 125 Å². The molecule has 2 N–H and O–H groups in total. The predicted octanol–water partition coefficient (Wildman–Crippen LogP) is 2.41. The number of fused-ring (bicyclic) bond motifs is 1. The average molecular weight is 301 g/mol. The SMILES string of the molecule is CNC(C)CNC(=O)C1CCSc2ccccc21.Cl. The molecule has 2 rings (SSSR count). The zero-order chi connectivity index (χ0) is 13.0. The summed E-state index contributed by atoms with van der Waals surface area (Å²) >= 11 is 1.85. The lowest BCUT2D eigenvalue weighted by molar-refractivity contribution is -0.122. The van der Waals surface area contributed by atoms with Crippen molar-refractivity contribution in [2.75, 3.05) is 19.3 Å². The molecule has 1 aromatic rings. The summed E-state index contributed by atoms with van der Waals surface area (Å²) in [5, 5.41) is 6.16. The molecule has 1 aromatic carbocycles. The summed E-state index contributed by atoms with van der Waals surface area (Å²) in [6.07, 6.45) is 0.932. The second kappa shape index (κ2) is 7.78. The molecule has 19 heavy (non-hydrogen) atoms. The Balaban J connectivity index is 0.00000180. The molecule has 3 nitrogen and oxygen atoms in total. The summed E-state index contributed by atoms with van der Waals surface area (Å²) in [4.78, 5) is 13.5. The second-order valence-corrected chi connectivity index (χ2v) is 5.80. The maximum absolute atomic E-state index is 12.2. The van der Waals surface area contributed by atoms with Crippen molar-refractivity contribution in [3.63, 3.8) is 0 Å². The quantitative estimate of drug-likeness (QED) is 0.897. The molecule has 0 bridgehead atoms. The Morgan fingerprint density at radius 1 is 1.47 bits per heavy atom. The van der Waals surface area contributed by atoms with Crippen LogP contribution in [0.25, 0.3) is 0 Å². The molecule has 2 unspecified atom stereocenters. The van der Waals surface area contributed by atoms with Gasteiger partial charge in [-0.05, 0) is 37.8 Å². The molecule has 0 saturated carbocycles. The van der Waals surface area contributed by atoms with Gasteiger partial charge in [-0.15, -0.1) is 24.2 Å². The van der Waals surface area contributed by atoms with Crippen LogP contribution in [0.4, 0.5) is 0 Å². The monoisotopic (exact) mass is 300 g/mol. The number of nitrogens with one attached hydrogen (secondary N) is 2. The number of rotatable bonds is 4. The lowest BCUT2D eigenvalue weighted by Crippen LogP contribution is -2.39. The van der Waals surface area contributed by atoms with Crippen LogP contribution < -0.4 is 10.6 Å². The smallest absolute Gasteiger partial charge is 0.227 e. The van der Waals surface area contributed by atoms with Gasteiger partial charge in [0.05, 0.1) is 5.92 Å². The molecule has 0 fully saturated rings. The number of benzene rings is 1. The van der Waals surface area contributed by atoms with Crippen LogP contribution in [0.1, 0.15) is 24.8 Å². The molecule has 0 radical (unpaired) electrons. The zero-order valence-corrected chi connectivity index (χ0v) is 12.9. The fraction of sp³-hybridized carbons (Fsp3) is 0.500. The highest BCUT2D eigenvalue weighted by Crippen LogP contribution is 2.37. The van der Waals surface area contributed by atoms with E-state index in [4.69, 9.17) is 0 Å². The number of carbonyl (C=O) groups excluding carboxylic acids is 1. The minimum atomic E-state index is 0. The van der Waals surface area contributed by atoms with Gasteiger partial charge in [-0.3, -0.25) is 4.79 Å². The Hall–Kier alpha value is -0.710. The first kappa shape index (κ1) is 16.3. The Bertz CT molecular complexity index is 428. The van der Waals surface area contributed by atoms with Crippen LogP contribution in [0, 0.1) is 0 Å². The molecule has 1 heterocycles. The van der Waals surface area contributed by atoms with E-state index in [1.807, 2.05) is 30.9 Å². The Morgan fingerprint density at radius 3 is 2.95 bits per heavy atom. The van der Waals surface area contributed by atoms with E-state index in [1.165, 1.54) is 10.5 Å². The molecule has 1 aliphatic heterocycles. The summed E-state index contributed by atoms with van der Waals surface area (Å²) < 4.78 is 0. The van der Waals surface area contributed by atoms with Gasteiger partial charge in [-0.25, -0.2) is 0 Å². The minimum Gasteiger partial charge on any atom is -0.354 e. The number of hydrogen-bond donors (Lipinski definition) is 2. The fourth-order valence-electron chi connectivity index (χ4n) is 2.09. The van der Waals surface area contributed by atoms with Crippen molar-refractivity contribution >= 4 is 30.1 Å². The number of carbonyl (C=O) groups is 1. The van der Waals surface area contributed by atoms with Gasteiger partial charge >= 0.3 is 0 Å². The zero-order valence-electron chi connectivity index (χ0n) is 11.3. The minimum absolute atomic E-state index is 0. The topological polar surface area (TPSA) is 41.1 Å². The van der Waals surface area contributed by atoms with Gasteiger partial charge in [-0.2, -0.15) is 0 Å². The highest BCUT2D eigenvalue weighted by molar-refractivity contribution is 7.99. The van der Waals surface area contributed by atoms with E-state index < -0.39 is 0 Å². The largest absolute Gasteiger partial charge is 0.354 e. The normalized spacial score (nSPS) is 18.9. The van der Waals surface area contributed by atoms with Gasteiger partial charge < -0.3 is 10.6 Å². The lowest BCUT2D eigenvalue weighted by Gasteiger charge is -2.24. The van der Waals surface area contributed by atoms with Gasteiger partial charge in [0.15, 0.2) is 0 Å². The van der Waals surface area contributed by atoms with E-state index in [1.54, 1.807) is 0 Å². The predicted molar refractivity (Wildman–Crippen MR) is 83.3 cm³/mol. The number of thioether (sulfide) groups is 1. The van der Waals surface area contributed by atoms with Gasteiger partial charge in [0.2, 0.25) is 5.91 Å². The molecule has 0 aliphatic carbocycles. The van der Waals surface area contributed by atoms with Crippen LogP contribution in [0.2, 0.25) is 0 Å². The second-order valence-electron chi connectivity index (χ2n) is 4.66. The van der Waals surface area contributed by atoms with Gasteiger partial charge in [0, 0.05) is 17.5 Å². The molecule has 5 heteroatoms. The van der Waals surface area contributed by atoms with E-state index in [0.717, 1.165) is 12.2 Å². The number of likely N-dealkylation sites (N-methyl/N-ethyl adjacent to an activating group) is 1. The Kier molecular flexibility index (Phi) is 6.69. The van der Waals surface area contributed by atoms with Crippen LogP contribution in [-0.2, 0) is 4.79 Å². The van der Waals surface area contributed by atoms with Crippen molar-refractivity contribution in [2.45, 2.75) is 30.2 Å². The van der Waals surface area contributed by atoms with Crippen molar-refractivity contribution < 1.29 is 4.79 Å². The van der Waals surface area contributed by atoms with Crippen molar-refractivity contribution in [3.8, 4) is 0 Å². The molecule has 1 aliphatic rings. The first-order valence-corrected chi connectivity index (χ1v) is 7.37. The molecule has 106 valence electrons. The molecular formula is C14H21ClN2OS. The molecule has 0 saturated heterocycles.